The molecule has 8 nitrogen and oxygen atoms in total. The quantitative estimate of drug-likeness (QED) is 0.419. The molecule has 1 aliphatic heterocycles. The van der Waals surface area contributed by atoms with Gasteiger partial charge in [-0.2, -0.15) is 0 Å². The number of benzene rings is 1. The fourth-order valence-corrected chi connectivity index (χ4v) is 5.12. The van der Waals surface area contributed by atoms with E-state index in [4.69, 9.17) is 21.7 Å². The third kappa shape index (κ3) is 3.86. The third-order valence-corrected chi connectivity index (χ3v) is 6.57. The van der Waals surface area contributed by atoms with E-state index in [-0.39, 0.29) is 9.23 Å². The number of para-hydroxylation sites is 1. The highest BCUT2D eigenvalue weighted by Gasteiger charge is 2.41. The number of carboxylic acids is 2. The second-order valence-corrected chi connectivity index (χ2v) is 8.90. The van der Waals surface area contributed by atoms with E-state index in [9.17, 15) is 19.5 Å². The standard InChI is InChI=1S/C19H12N2O6S3/c22-15(23)8-11(18(25)26)21-17(24)14(30-19(21)28)7-9-5-6-12(27-9)16-20-10-3-1-2-4-13(10)29-16/h1-7,11H,8H2,(H,22,23)(H,25,26)/b14-7+. The van der Waals surface area contributed by atoms with Crippen molar-refractivity contribution in [2.24, 2.45) is 0 Å². The van der Waals surface area contributed by atoms with E-state index in [1.165, 1.54) is 17.4 Å². The number of rotatable bonds is 6. The predicted molar refractivity (Wildman–Crippen MR) is 116 cm³/mol. The van der Waals surface area contributed by atoms with Crippen molar-refractivity contribution in [3.05, 3.63) is 47.1 Å². The first-order chi connectivity index (χ1) is 14.3. The van der Waals surface area contributed by atoms with Crippen molar-refractivity contribution in [3.63, 3.8) is 0 Å². The van der Waals surface area contributed by atoms with Crippen LogP contribution in [0.4, 0.5) is 0 Å². The van der Waals surface area contributed by atoms with Gasteiger partial charge in [0.25, 0.3) is 5.91 Å². The Labute approximate surface area is 182 Å². The highest BCUT2D eigenvalue weighted by molar-refractivity contribution is 8.26. The summed E-state index contributed by atoms with van der Waals surface area (Å²) in [5.41, 5.74) is 0.856. The fourth-order valence-electron chi connectivity index (χ4n) is 2.86. The van der Waals surface area contributed by atoms with Crippen LogP contribution < -0.4 is 0 Å². The number of hydrogen-bond donors (Lipinski definition) is 2. The number of nitrogens with zero attached hydrogens (tertiary/aromatic N) is 2. The van der Waals surface area contributed by atoms with Crippen LogP contribution in [0.25, 0.3) is 27.1 Å². The number of carboxylic acid groups (broad SMARTS) is 2. The van der Waals surface area contributed by atoms with Crippen molar-refractivity contribution >= 4 is 73.8 Å². The van der Waals surface area contributed by atoms with Crippen LogP contribution in [-0.2, 0) is 14.4 Å². The maximum atomic E-state index is 12.7. The van der Waals surface area contributed by atoms with Crippen molar-refractivity contribution in [3.8, 4) is 10.8 Å². The van der Waals surface area contributed by atoms with E-state index in [0.29, 0.717) is 16.5 Å². The monoisotopic (exact) mass is 460 g/mol. The first-order valence-electron chi connectivity index (χ1n) is 8.51. The highest BCUT2D eigenvalue weighted by Crippen LogP contribution is 2.36. The average Bonchev–Trinajstić information content (AvgIpc) is 3.38. The number of thiocarbonyl (C=S) groups is 1. The van der Waals surface area contributed by atoms with E-state index in [1.54, 1.807) is 12.1 Å². The molecule has 0 bridgehead atoms. The zero-order valence-electron chi connectivity index (χ0n) is 15.0. The molecule has 0 aliphatic carbocycles. The lowest BCUT2D eigenvalue weighted by atomic mass is 10.2. The van der Waals surface area contributed by atoms with Crippen LogP contribution in [-0.4, -0.2) is 48.3 Å². The average molecular weight is 461 g/mol. The smallest absolute Gasteiger partial charge is 0.327 e. The van der Waals surface area contributed by atoms with E-state index < -0.39 is 30.3 Å². The van der Waals surface area contributed by atoms with Crippen LogP contribution in [0.5, 0.6) is 0 Å². The minimum atomic E-state index is -1.57. The topological polar surface area (TPSA) is 121 Å². The van der Waals surface area contributed by atoms with Crippen molar-refractivity contribution in [2.75, 3.05) is 0 Å². The molecule has 3 aromatic rings. The van der Waals surface area contributed by atoms with Crippen LogP contribution in [0.3, 0.4) is 0 Å². The molecule has 1 saturated heterocycles. The summed E-state index contributed by atoms with van der Waals surface area (Å²) >= 11 is 7.48. The zero-order valence-corrected chi connectivity index (χ0v) is 17.4. The van der Waals surface area contributed by atoms with Crippen LogP contribution >= 0.6 is 35.3 Å². The number of carbonyl (C=O) groups excluding carboxylic acids is 1. The molecular weight excluding hydrogens is 448 g/mol. The maximum Gasteiger partial charge on any atom is 0.327 e. The van der Waals surface area contributed by atoms with Crippen LogP contribution in [0.15, 0.2) is 45.7 Å². The number of aromatic nitrogens is 1. The molecule has 2 N–H and O–H groups in total. The molecular formula is C19H12N2O6S3. The largest absolute Gasteiger partial charge is 0.481 e. The molecule has 1 fully saturated rings. The normalized spacial score (nSPS) is 16.5. The maximum absolute atomic E-state index is 12.7. The van der Waals surface area contributed by atoms with Gasteiger partial charge in [-0.25, -0.2) is 9.78 Å². The lowest BCUT2D eigenvalue weighted by Crippen LogP contribution is -2.45. The molecule has 2 aromatic heterocycles. The summed E-state index contributed by atoms with van der Waals surface area (Å²) in [6.07, 6.45) is 0.702. The molecule has 30 heavy (non-hydrogen) atoms. The second kappa shape index (κ2) is 8.01. The Hall–Kier alpha value is -3.02. The molecule has 152 valence electrons. The minimum absolute atomic E-state index is 0.0159. The van der Waals surface area contributed by atoms with Crippen molar-refractivity contribution in [2.45, 2.75) is 12.5 Å². The Bertz CT molecular complexity index is 1190. The summed E-state index contributed by atoms with van der Waals surface area (Å²) in [5, 5.41) is 18.9. The van der Waals surface area contributed by atoms with Gasteiger partial charge in [-0.1, -0.05) is 36.1 Å². The minimum Gasteiger partial charge on any atom is -0.481 e. The Morgan fingerprint density at radius 2 is 2.00 bits per heavy atom. The molecule has 0 radical (unpaired) electrons. The summed E-state index contributed by atoms with van der Waals surface area (Å²) in [4.78, 5) is 40.6. The summed E-state index contributed by atoms with van der Waals surface area (Å²) in [6.45, 7) is 0. The van der Waals surface area contributed by atoms with Gasteiger partial charge in [0.2, 0.25) is 0 Å². The number of amides is 1. The molecule has 1 aromatic carbocycles. The number of hydrogen-bond acceptors (Lipinski definition) is 8. The van der Waals surface area contributed by atoms with Gasteiger partial charge in [0.1, 0.15) is 16.1 Å². The highest BCUT2D eigenvalue weighted by atomic mass is 32.2. The third-order valence-electron chi connectivity index (χ3n) is 4.19. The molecule has 1 amide bonds. The zero-order chi connectivity index (χ0) is 21.4. The molecule has 3 heterocycles. The first-order valence-corrected chi connectivity index (χ1v) is 10.5. The van der Waals surface area contributed by atoms with E-state index >= 15 is 0 Å². The molecule has 11 heteroatoms. The first kappa shape index (κ1) is 20.3. The van der Waals surface area contributed by atoms with Crippen LogP contribution in [0.1, 0.15) is 12.2 Å². The fraction of sp³-hybridized carbons (Fsp3) is 0.105. The van der Waals surface area contributed by atoms with Crippen molar-refractivity contribution in [1.29, 1.82) is 0 Å². The van der Waals surface area contributed by atoms with Gasteiger partial charge in [0.05, 0.1) is 21.5 Å². The number of thiazole rings is 1. The van der Waals surface area contributed by atoms with Gasteiger partial charge < -0.3 is 14.6 Å². The van der Waals surface area contributed by atoms with Gasteiger partial charge in [-0.3, -0.25) is 14.5 Å². The van der Waals surface area contributed by atoms with Gasteiger partial charge in [-0.05, 0) is 24.3 Å². The molecule has 0 saturated carbocycles. The Morgan fingerprint density at radius 3 is 2.70 bits per heavy atom. The van der Waals surface area contributed by atoms with Crippen molar-refractivity contribution in [1.82, 2.24) is 9.88 Å². The van der Waals surface area contributed by atoms with E-state index in [2.05, 4.69) is 4.98 Å². The summed E-state index contributed by atoms with van der Waals surface area (Å²) in [6, 6.07) is 9.51. The molecule has 1 aliphatic rings. The summed E-state index contributed by atoms with van der Waals surface area (Å²) < 4.78 is 6.79. The van der Waals surface area contributed by atoms with E-state index in [0.717, 1.165) is 26.9 Å². The van der Waals surface area contributed by atoms with Crippen LogP contribution in [0.2, 0.25) is 0 Å². The number of aliphatic carboxylic acids is 2. The predicted octanol–water partition coefficient (Wildman–Crippen LogP) is 3.69. The van der Waals surface area contributed by atoms with Crippen LogP contribution in [0, 0.1) is 0 Å². The lowest BCUT2D eigenvalue weighted by molar-refractivity contribution is -0.150. The molecule has 1 unspecified atom stereocenters. The molecule has 4 rings (SSSR count). The number of carbonyl (C=O) groups is 3. The van der Waals surface area contributed by atoms with E-state index in [1.807, 2.05) is 24.3 Å². The molecule has 1 atom stereocenters. The molecule has 0 spiro atoms. The Kier molecular flexibility index (Phi) is 5.41. The lowest BCUT2D eigenvalue weighted by Gasteiger charge is -2.21. The Morgan fingerprint density at radius 1 is 1.23 bits per heavy atom. The number of fused-ring (bicyclic) bond motifs is 1. The second-order valence-electron chi connectivity index (χ2n) is 6.19. The van der Waals surface area contributed by atoms with Gasteiger partial charge in [-0.15, -0.1) is 11.3 Å². The summed E-state index contributed by atoms with van der Waals surface area (Å²) in [7, 11) is 0. The number of thioether (sulfide) groups is 1. The van der Waals surface area contributed by atoms with Crippen molar-refractivity contribution < 1.29 is 29.0 Å². The SMILES string of the molecule is O=C(O)CC(C(=O)O)N1C(=O)/C(=C\c2ccc(-c3nc4ccccc4s3)o2)SC1=S. The number of furan rings is 1. The summed E-state index contributed by atoms with van der Waals surface area (Å²) in [5.74, 6) is -2.54. The van der Waals surface area contributed by atoms with Gasteiger partial charge in [0.15, 0.2) is 10.8 Å². The van der Waals surface area contributed by atoms with Gasteiger partial charge in [0, 0.05) is 6.08 Å². The van der Waals surface area contributed by atoms with Gasteiger partial charge >= 0.3 is 11.9 Å². The Balaban J connectivity index is 1.59.